The van der Waals surface area contributed by atoms with Gasteiger partial charge in [0, 0.05) is 19.7 Å². The van der Waals surface area contributed by atoms with Crippen molar-refractivity contribution >= 4 is 0 Å². The van der Waals surface area contributed by atoms with E-state index in [0.717, 1.165) is 45.5 Å². The first-order chi connectivity index (χ1) is 8.07. The normalized spacial score (nSPS) is 25.2. The zero-order valence-corrected chi connectivity index (χ0v) is 11.1. The summed E-state index contributed by atoms with van der Waals surface area (Å²) in [7, 11) is 0. The fourth-order valence-electron chi connectivity index (χ4n) is 2.08. The lowest BCUT2D eigenvalue weighted by molar-refractivity contribution is -0.000993. The van der Waals surface area contributed by atoms with Crippen LogP contribution in [0, 0.1) is 11.3 Å². The highest BCUT2D eigenvalue weighted by molar-refractivity contribution is 5.01. The molecule has 2 unspecified atom stereocenters. The topological polar surface area (TPSA) is 62.3 Å². The Balaban J connectivity index is 2.28. The Morgan fingerprint density at radius 2 is 2.35 bits per heavy atom. The van der Waals surface area contributed by atoms with Gasteiger partial charge in [-0.2, -0.15) is 5.26 Å². The number of nitriles is 1. The highest BCUT2D eigenvalue weighted by atomic mass is 16.5. The molecule has 0 amide bonds. The molecule has 98 valence electrons. The van der Waals surface area contributed by atoms with Crippen LogP contribution in [0.2, 0.25) is 0 Å². The van der Waals surface area contributed by atoms with Crippen molar-refractivity contribution in [3.05, 3.63) is 0 Å². The fourth-order valence-corrected chi connectivity index (χ4v) is 2.08. The molecule has 1 saturated heterocycles. The van der Waals surface area contributed by atoms with Crippen molar-refractivity contribution in [1.29, 1.82) is 5.26 Å². The summed E-state index contributed by atoms with van der Waals surface area (Å²) in [5.74, 6) is 0. The van der Waals surface area contributed by atoms with Gasteiger partial charge in [-0.1, -0.05) is 6.92 Å². The SMILES string of the molecule is CCCOC1CCCN(CCC(C)(N)C#N)C1. The quantitative estimate of drug-likeness (QED) is 0.763. The van der Waals surface area contributed by atoms with Crippen molar-refractivity contribution < 1.29 is 4.74 Å². The van der Waals surface area contributed by atoms with Crippen LogP contribution in [0.25, 0.3) is 0 Å². The van der Waals surface area contributed by atoms with E-state index >= 15 is 0 Å². The lowest BCUT2D eigenvalue weighted by Gasteiger charge is -2.33. The maximum atomic E-state index is 8.87. The monoisotopic (exact) mass is 239 g/mol. The summed E-state index contributed by atoms with van der Waals surface area (Å²) in [6, 6.07) is 2.15. The van der Waals surface area contributed by atoms with E-state index in [1.807, 2.05) is 0 Å². The van der Waals surface area contributed by atoms with Gasteiger partial charge in [-0.15, -0.1) is 0 Å². The van der Waals surface area contributed by atoms with E-state index in [0.29, 0.717) is 6.10 Å². The molecule has 0 aromatic carbocycles. The fraction of sp³-hybridized carbons (Fsp3) is 0.923. The molecular weight excluding hydrogens is 214 g/mol. The lowest BCUT2D eigenvalue weighted by atomic mass is 10.00. The van der Waals surface area contributed by atoms with Crippen LogP contribution in [0.1, 0.15) is 39.5 Å². The molecule has 0 radical (unpaired) electrons. The maximum Gasteiger partial charge on any atom is 0.102 e. The average molecular weight is 239 g/mol. The Hall–Kier alpha value is -0.630. The van der Waals surface area contributed by atoms with Gasteiger partial charge in [0.2, 0.25) is 0 Å². The minimum Gasteiger partial charge on any atom is -0.377 e. The number of nitrogens with zero attached hydrogens (tertiary/aromatic N) is 2. The van der Waals surface area contributed by atoms with Crippen molar-refractivity contribution in [1.82, 2.24) is 4.90 Å². The van der Waals surface area contributed by atoms with Crippen LogP contribution in [0.5, 0.6) is 0 Å². The van der Waals surface area contributed by atoms with E-state index in [9.17, 15) is 0 Å². The molecule has 1 fully saturated rings. The van der Waals surface area contributed by atoms with Gasteiger partial charge in [0.25, 0.3) is 0 Å². The molecule has 1 rings (SSSR count). The largest absolute Gasteiger partial charge is 0.377 e. The van der Waals surface area contributed by atoms with E-state index in [1.54, 1.807) is 6.92 Å². The predicted octanol–water partition coefficient (Wildman–Crippen LogP) is 1.51. The second-order valence-corrected chi connectivity index (χ2v) is 5.21. The maximum absolute atomic E-state index is 8.87. The first kappa shape index (κ1) is 14.4. The summed E-state index contributed by atoms with van der Waals surface area (Å²) in [5.41, 5.74) is 5.13. The number of likely N-dealkylation sites (tertiary alicyclic amines) is 1. The summed E-state index contributed by atoms with van der Waals surface area (Å²) >= 11 is 0. The highest BCUT2D eigenvalue weighted by Gasteiger charge is 2.23. The Bertz CT molecular complexity index is 260. The third-order valence-corrected chi connectivity index (χ3v) is 3.22. The molecule has 0 aromatic heterocycles. The van der Waals surface area contributed by atoms with Crippen LogP contribution >= 0.6 is 0 Å². The summed E-state index contributed by atoms with van der Waals surface area (Å²) in [4.78, 5) is 2.37. The molecule has 4 nitrogen and oxygen atoms in total. The Labute approximate surface area is 105 Å². The Morgan fingerprint density at radius 1 is 1.59 bits per heavy atom. The first-order valence-corrected chi connectivity index (χ1v) is 6.61. The van der Waals surface area contributed by atoms with Gasteiger partial charge in [-0.25, -0.2) is 0 Å². The molecule has 0 aliphatic carbocycles. The van der Waals surface area contributed by atoms with Gasteiger partial charge in [0.05, 0.1) is 12.2 Å². The van der Waals surface area contributed by atoms with E-state index in [1.165, 1.54) is 6.42 Å². The Morgan fingerprint density at radius 3 is 3.00 bits per heavy atom. The molecule has 0 spiro atoms. The second kappa shape index (κ2) is 6.95. The van der Waals surface area contributed by atoms with E-state index in [-0.39, 0.29) is 0 Å². The van der Waals surface area contributed by atoms with Crippen LogP contribution in [0.15, 0.2) is 0 Å². The number of ether oxygens (including phenoxy) is 1. The third kappa shape index (κ3) is 5.49. The summed E-state index contributed by atoms with van der Waals surface area (Å²) in [5, 5.41) is 8.87. The summed E-state index contributed by atoms with van der Waals surface area (Å²) in [6.07, 6.45) is 4.52. The molecule has 4 heteroatoms. The number of nitrogens with two attached hydrogens (primary N) is 1. The number of piperidine rings is 1. The molecule has 1 aliphatic rings. The molecular formula is C13H25N3O. The van der Waals surface area contributed by atoms with Crippen molar-refractivity contribution in [2.24, 2.45) is 5.73 Å². The molecule has 1 heterocycles. The average Bonchev–Trinajstić information content (AvgIpc) is 2.35. The van der Waals surface area contributed by atoms with Crippen molar-refractivity contribution in [2.75, 3.05) is 26.2 Å². The van der Waals surface area contributed by atoms with Crippen LogP contribution < -0.4 is 5.73 Å². The molecule has 1 aliphatic heterocycles. The number of hydrogen-bond donors (Lipinski definition) is 1. The molecule has 0 bridgehead atoms. The van der Waals surface area contributed by atoms with E-state index < -0.39 is 5.54 Å². The minimum absolute atomic E-state index is 0.370. The van der Waals surface area contributed by atoms with Gasteiger partial charge in [0.15, 0.2) is 0 Å². The molecule has 0 aromatic rings. The van der Waals surface area contributed by atoms with Gasteiger partial charge in [0.1, 0.15) is 5.54 Å². The van der Waals surface area contributed by atoms with Crippen molar-refractivity contribution in [3.8, 4) is 6.07 Å². The van der Waals surface area contributed by atoms with Gasteiger partial charge in [-0.05, 0) is 39.2 Å². The lowest BCUT2D eigenvalue weighted by Crippen LogP contribution is -2.44. The van der Waals surface area contributed by atoms with Gasteiger partial charge < -0.3 is 15.4 Å². The summed E-state index contributed by atoms with van der Waals surface area (Å²) < 4.78 is 5.78. The van der Waals surface area contributed by atoms with Crippen LogP contribution in [-0.2, 0) is 4.74 Å². The zero-order chi connectivity index (χ0) is 12.7. The zero-order valence-electron chi connectivity index (χ0n) is 11.1. The molecule has 2 atom stereocenters. The Kier molecular flexibility index (Phi) is 5.90. The third-order valence-electron chi connectivity index (χ3n) is 3.22. The smallest absolute Gasteiger partial charge is 0.102 e. The number of rotatable bonds is 6. The van der Waals surface area contributed by atoms with Gasteiger partial charge in [-0.3, -0.25) is 0 Å². The summed E-state index contributed by atoms with van der Waals surface area (Å²) in [6.45, 7) is 7.77. The van der Waals surface area contributed by atoms with E-state index in [2.05, 4.69) is 17.9 Å². The van der Waals surface area contributed by atoms with E-state index in [4.69, 9.17) is 15.7 Å². The molecule has 2 N–H and O–H groups in total. The van der Waals surface area contributed by atoms with Gasteiger partial charge >= 0.3 is 0 Å². The predicted molar refractivity (Wildman–Crippen MR) is 68.5 cm³/mol. The second-order valence-electron chi connectivity index (χ2n) is 5.21. The van der Waals surface area contributed by atoms with Crippen LogP contribution in [0.4, 0.5) is 0 Å². The first-order valence-electron chi connectivity index (χ1n) is 6.61. The van der Waals surface area contributed by atoms with Crippen molar-refractivity contribution in [3.63, 3.8) is 0 Å². The standard InChI is InChI=1S/C13H25N3O/c1-3-9-17-12-5-4-7-16(10-12)8-6-13(2,15)11-14/h12H,3-10,15H2,1-2H3. The van der Waals surface area contributed by atoms with Crippen LogP contribution in [0.3, 0.4) is 0 Å². The molecule has 17 heavy (non-hydrogen) atoms. The molecule has 0 saturated carbocycles. The van der Waals surface area contributed by atoms with Crippen molar-refractivity contribution in [2.45, 2.75) is 51.2 Å². The van der Waals surface area contributed by atoms with Crippen LogP contribution in [-0.4, -0.2) is 42.8 Å². The minimum atomic E-state index is -0.697. The highest BCUT2D eigenvalue weighted by Crippen LogP contribution is 2.15. The number of hydrogen-bond acceptors (Lipinski definition) is 4.